The third-order valence-electron chi connectivity index (χ3n) is 3.93. The molecule has 0 aromatic heterocycles. The van der Waals surface area contributed by atoms with Crippen molar-refractivity contribution in [1.82, 2.24) is 5.32 Å². The lowest BCUT2D eigenvalue weighted by molar-refractivity contribution is -0.122. The molecule has 0 radical (unpaired) electrons. The third kappa shape index (κ3) is 5.38. The molecule has 2 aromatic rings. The number of nitrogens with one attached hydrogen (secondary N) is 1. The van der Waals surface area contributed by atoms with Crippen LogP contribution in [0.15, 0.2) is 54.6 Å². The Bertz CT molecular complexity index is 616. The van der Waals surface area contributed by atoms with Crippen molar-refractivity contribution in [2.45, 2.75) is 32.2 Å². The topological polar surface area (TPSA) is 55.1 Å². The summed E-state index contributed by atoms with van der Waals surface area (Å²) in [4.78, 5) is 12.5. The van der Waals surface area contributed by atoms with Crippen LogP contribution < -0.4 is 11.1 Å². The Kier molecular flexibility index (Phi) is 7.79. The van der Waals surface area contributed by atoms with Gasteiger partial charge in [0.15, 0.2) is 0 Å². The monoisotopic (exact) mass is 332 g/mol. The summed E-state index contributed by atoms with van der Waals surface area (Å²) in [6.07, 6.45) is 0.824. The van der Waals surface area contributed by atoms with Gasteiger partial charge < -0.3 is 11.1 Å². The molecule has 1 amide bonds. The fourth-order valence-electron chi connectivity index (χ4n) is 2.64. The van der Waals surface area contributed by atoms with Gasteiger partial charge in [-0.3, -0.25) is 4.79 Å². The van der Waals surface area contributed by atoms with E-state index in [1.807, 2.05) is 49.4 Å². The molecule has 0 saturated heterocycles. The van der Waals surface area contributed by atoms with Crippen LogP contribution in [0.1, 0.15) is 29.5 Å². The van der Waals surface area contributed by atoms with E-state index in [4.69, 9.17) is 5.73 Å². The molecular weight excluding hydrogens is 308 g/mol. The highest BCUT2D eigenvalue weighted by molar-refractivity contribution is 5.85. The van der Waals surface area contributed by atoms with Crippen molar-refractivity contribution in [2.75, 3.05) is 6.54 Å². The minimum absolute atomic E-state index is 0. The molecule has 2 unspecified atom stereocenters. The van der Waals surface area contributed by atoms with E-state index in [-0.39, 0.29) is 30.3 Å². The smallest absolute Gasteiger partial charge is 0.229 e. The lowest BCUT2D eigenvalue weighted by Crippen LogP contribution is -2.39. The molecule has 2 rings (SSSR count). The van der Waals surface area contributed by atoms with E-state index < -0.39 is 0 Å². The highest BCUT2D eigenvalue weighted by atomic mass is 35.5. The molecule has 0 aliphatic heterocycles. The van der Waals surface area contributed by atoms with Crippen molar-refractivity contribution < 1.29 is 4.79 Å². The van der Waals surface area contributed by atoms with E-state index >= 15 is 0 Å². The predicted molar refractivity (Wildman–Crippen MR) is 98.0 cm³/mol. The largest absolute Gasteiger partial charge is 0.353 e. The zero-order valence-corrected chi connectivity index (χ0v) is 14.5. The van der Waals surface area contributed by atoms with Gasteiger partial charge in [0.05, 0.1) is 5.92 Å². The molecule has 0 aliphatic carbocycles. The summed E-state index contributed by atoms with van der Waals surface area (Å²) < 4.78 is 0. The molecular formula is C19H25ClN2O. The summed E-state index contributed by atoms with van der Waals surface area (Å²) in [5.74, 6) is -0.296. The van der Waals surface area contributed by atoms with Gasteiger partial charge in [-0.15, -0.1) is 12.4 Å². The second-order valence-corrected chi connectivity index (χ2v) is 5.74. The van der Waals surface area contributed by atoms with Crippen LogP contribution in [0.25, 0.3) is 0 Å². The molecule has 4 heteroatoms. The van der Waals surface area contributed by atoms with Crippen LogP contribution in [0.2, 0.25) is 0 Å². The molecule has 0 spiro atoms. The van der Waals surface area contributed by atoms with E-state index in [1.165, 1.54) is 11.1 Å². The molecule has 0 saturated carbocycles. The van der Waals surface area contributed by atoms with E-state index in [1.54, 1.807) is 0 Å². The molecule has 3 N–H and O–H groups in total. The van der Waals surface area contributed by atoms with Crippen molar-refractivity contribution in [3.63, 3.8) is 0 Å². The highest BCUT2D eigenvalue weighted by Crippen LogP contribution is 2.15. The van der Waals surface area contributed by atoms with Crippen molar-refractivity contribution in [3.8, 4) is 0 Å². The highest BCUT2D eigenvalue weighted by Gasteiger charge is 2.20. The second-order valence-electron chi connectivity index (χ2n) is 5.74. The summed E-state index contributed by atoms with van der Waals surface area (Å²) in [5, 5.41) is 3.09. The number of carbonyl (C=O) groups is 1. The van der Waals surface area contributed by atoms with Crippen LogP contribution in [-0.4, -0.2) is 18.5 Å². The summed E-state index contributed by atoms with van der Waals surface area (Å²) in [6, 6.07) is 18.0. The van der Waals surface area contributed by atoms with E-state index in [0.29, 0.717) is 6.54 Å². The number of hydrogen-bond acceptors (Lipinski definition) is 2. The zero-order valence-electron chi connectivity index (χ0n) is 13.7. The minimum Gasteiger partial charge on any atom is -0.353 e. The average Bonchev–Trinajstić information content (AvgIpc) is 2.51. The molecule has 0 fully saturated rings. The Morgan fingerprint density at radius 3 is 2.30 bits per heavy atom. The van der Waals surface area contributed by atoms with Gasteiger partial charge in [-0.25, -0.2) is 0 Å². The van der Waals surface area contributed by atoms with E-state index in [2.05, 4.69) is 24.4 Å². The number of aryl methyl sites for hydroxylation is 1. The summed E-state index contributed by atoms with van der Waals surface area (Å²) >= 11 is 0. The first-order chi connectivity index (χ1) is 10.6. The van der Waals surface area contributed by atoms with Gasteiger partial charge >= 0.3 is 0 Å². The van der Waals surface area contributed by atoms with Gasteiger partial charge in [-0.2, -0.15) is 0 Å². The first-order valence-electron chi connectivity index (χ1n) is 7.71. The predicted octanol–water partition coefficient (Wildman–Crippen LogP) is 3.21. The van der Waals surface area contributed by atoms with Crippen molar-refractivity contribution in [2.24, 2.45) is 5.73 Å². The maximum Gasteiger partial charge on any atom is 0.229 e. The lowest BCUT2D eigenvalue weighted by atomic mass is 9.97. The molecule has 23 heavy (non-hydrogen) atoms. The van der Waals surface area contributed by atoms with Crippen LogP contribution in [0.4, 0.5) is 0 Å². The van der Waals surface area contributed by atoms with Crippen LogP contribution in [0, 0.1) is 6.92 Å². The number of hydrogen-bond donors (Lipinski definition) is 2. The minimum atomic E-state index is -0.291. The van der Waals surface area contributed by atoms with E-state index in [9.17, 15) is 4.79 Å². The number of rotatable bonds is 6. The van der Waals surface area contributed by atoms with E-state index in [0.717, 1.165) is 12.0 Å². The van der Waals surface area contributed by atoms with Crippen molar-refractivity contribution in [3.05, 3.63) is 71.3 Å². The van der Waals surface area contributed by atoms with Crippen LogP contribution in [0.3, 0.4) is 0 Å². The molecule has 2 atom stereocenters. The van der Waals surface area contributed by atoms with Crippen LogP contribution in [0.5, 0.6) is 0 Å². The molecule has 0 bridgehead atoms. The first kappa shape index (κ1) is 19.2. The lowest BCUT2D eigenvalue weighted by Gasteiger charge is -2.20. The molecule has 0 aliphatic rings. The standard InChI is InChI=1S/C19H24N2O.ClH/c1-14-8-6-7-11-17(14)12-15(2)21-19(22)18(13-20)16-9-4-3-5-10-16;/h3-11,15,18H,12-13,20H2,1-2H3,(H,21,22);1H. The quantitative estimate of drug-likeness (QED) is 0.853. The molecule has 0 heterocycles. The van der Waals surface area contributed by atoms with Crippen molar-refractivity contribution >= 4 is 18.3 Å². The van der Waals surface area contributed by atoms with Crippen LogP contribution in [-0.2, 0) is 11.2 Å². The molecule has 3 nitrogen and oxygen atoms in total. The Morgan fingerprint density at radius 1 is 1.09 bits per heavy atom. The van der Waals surface area contributed by atoms with Gasteiger partial charge in [0.1, 0.15) is 0 Å². The van der Waals surface area contributed by atoms with Gasteiger partial charge in [-0.1, -0.05) is 54.6 Å². The van der Waals surface area contributed by atoms with Gasteiger partial charge in [0, 0.05) is 12.6 Å². The Labute approximate surface area is 144 Å². The Morgan fingerprint density at radius 2 is 1.70 bits per heavy atom. The van der Waals surface area contributed by atoms with Gasteiger partial charge in [0.25, 0.3) is 0 Å². The average molecular weight is 333 g/mol. The SMILES string of the molecule is Cc1ccccc1CC(C)NC(=O)C(CN)c1ccccc1.Cl. The van der Waals surface area contributed by atoms with Crippen molar-refractivity contribution in [1.29, 1.82) is 0 Å². The maximum atomic E-state index is 12.5. The summed E-state index contributed by atoms with van der Waals surface area (Å²) in [5.41, 5.74) is 9.28. The van der Waals surface area contributed by atoms with Crippen LogP contribution >= 0.6 is 12.4 Å². The number of halogens is 1. The summed E-state index contributed by atoms with van der Waals surface area (Å²) in [7, 11) is 0. The maximum absolute atomic E-state index is 12.5. The zero-order chi connectivity index (χ0) is 15.9. The second kappa shape index (κ2) is 9.33. The number of amides is 1. The number of benzene rings is 2. The third-order valence-corrected chi connectivity index (χ3v) is 3.93. The Hall–Kier alpha value is -1.84. The normalized spacial score (nSPS) is 12.8. The Balaban J connectivity index is 0.00000264. The fraction of sp³-hybridized carbons (Fsp3) is 0.316. The number of carbonyl (C=O) groups excluding carboxylic acids is 1. The summed E-state index contributed by atoms with van der Waals surface area (Å²) in [6.45, 7) is 4.44. The first-order valence-corrected chi connectivity index (χ1v) is 7.71. The number of nitrogens with two attached hydrogens (primary N) is 1. The molecule has 2 aromatic carbocycles. The molecule has 124 valence electrons. The van der Waals surface area contributed by atoms with Gasteiger partial charge in [-0.05, 0) is 37.0 Å². The fourth-order valence-corrected chi connectivity index (χ4v) is 2.64. The van der Waals surface area contributed by atoms with Gasteiger partial charge in [0.2, 0.25) is 5.91 Å².